The first-order chi connectivity index (χ1) is 23.3. The number of carbonyl (C=O) groups is 2. The normalized spacial score (nSPS) is 19.4. The number of carbonyl (C=O) groups excluding carboxylic acids is 1. The Labute approximate surface area is 283 Å². The van der Waals surface area contributed by atoms with Crippen LogP contribution in [0.15, 0.2) is 95.6 Å². The van der Waals surface area contributed by atoms with Crippen molar-refractivity contribution in [2.75, 3.05) is 26.2 Å². The van der Waals surface area contributed by atoms with Crippen LogP contribution in [0.25, 0.3) is 5.57 Å². The fourth-order valence-corrected chi connectivity index (χ4v) is 7.56. The van der Waals surface area contributed by atoms with E-state index in [2.05, 4.69) is 65.6 Å². The van der Waals surface area contributed by atoms with Gasteiger partial charge in [0.1, 0.15) is 5.92 Å². The lowest BCUT2D eigenvalue weighted by atomic mass is 9.68. The molecule has 0 aliphatic carbocycles. The molecule has 0 aromatic heterocycles. The molecule has 1 amide bonds. The third-order valence-corrected chi connectivity index (χ3v) is 9.92. The van der Waals surface area contributed by atoms with Crippen LogP contribution in [0.5, 0.6) is 0 Å². The summed E-state index contributed by atoms with van der Waals surface area (Å²) in [4.78, 5) is 45.7. The van der Waals surface area contributed by atoms with Crippen LogP contribution in [0.1, 0.15) is 75.5 Å². The molecule has 2 atom stereocenters. The Balaban J connectivity index is 1.39. The number of carboxylic acid groups (broad SMARTS) is 1. The van der Waals surface area contributed by atoms with Gasteiger partial charge in [0.05, 0.1) is 22.4 Å². The molecule has 2 aliphatic rings. The van der Waals surface area contributed by atoms with Gasteiger partial charge in [-0.3, -0.25) is 24.7 Å². The van der Waals surface area contributed by atoms with Gasteiger partial charge in [0, 0.05) is 29.7 Å². The van der Waals surface area contributed by atoms with E-state index in [-0.39, 0.29) is 11.1 Å². The fourth-order valence-electron chi connectivity index (χ4n) is 7.56. The number of aliphatic imine (C=N–C) groups is 1. The summed E-state index contributed by atoms with van der Waals surface area (Å²) >= 11 is 0. The van der Waals surface area contributed by atoms with E-state index < -0.39 is 22.9 Å². The van der Waals surface area contributed by atoms with E-state index in [4.69, 9.17) is 4.99 Å². The molecule has 9 nitrogen and oxygen atoms in total. The molecule has 48 heavy (non-hydrogen) atoms. The minimum absolute atomic E-state index is 0.0488. The molecule has 0 saturated carbocycles. The summed E-state index contributed by atoms with van der Waals surface area (Å²) in [6.07, 6.45) is 6.17. The summed E-state index contributed by atoms with van der Waals surface area (Å²) in [6, 6.07) is 27.0. The van der Waals surface area contributed by atoms with Gasteiger partial charge in [-0.05, 0) is 80.6 Å². The number of amides is 1. The van der Waals surface area contributed by atoms with Crippen molar-refractivity contribution in [1.82, 2.24) is 9.80 Å². The molecule has 2 aliphatic heterocycles. The Hall–Kier alpha value is -4.63. The number of nitro groups is 1. The summed E-state index contributed by atoms with van der Waals surface area (Å²) in [7, 11) is 0. The zero-order chi connectivity index (χ0) is 34.1. The summed E-state index contributed by atoms with van der Waals surface area (Å²) in [5.41, 5.74) is 4.88. The van der Waals surface area contributed by atoms with Gasteiger partial charge < -0.3 is 14.9 Å². The van der Waals surface area contributed by atoms with E-state index in [9.17, 15) is 24.8 Å². The minimum atomic E-state index is -1.02. The van der Waals surface area contributed by atoms with E-state index >= 15 is 0 Å². The first kappa shape index (κ1) is 34.7. The smallest absolute Gasteiger partial charge is 0.313 e. The van der Waals surface area contributed by atoms with E-state index in [0.29, 0.717) is 42.6 Å². The van der Waals surface area contributed by atoms with Gasteiger partial charge in [-0.25, -0.2) is 0 Å². The van der Waals surface area contributed by atoms with Crippen molar-refractivity contribution in [3.05, 3.63) is 117 Å². The second-order valence-electron chi connectivity index (χ2n) is 12.9. The number of allylic oxidation sites excluding steroid dienone is 1. The third-order valence-electron chi connectivity index (χ3n) is 9.92. The fraction of sp³-hybridized carbons (Fsp3) is 0.410. The maximum absolute atomic E-state index is 12.9. The molecule has 1 fully saturated rings. The van der Waals surface area contributed by atoms with Crippen molar-refractivity contribution < 1.29 is 19.6 Å². The molecular formula is C39H46N4O5. The van der Waals surface area contributed by atoms with Crippen LogP contribution in [-0.4, -0.2) is 70.1 Å². The highest BCUT2D eigenvalue weighted by atomic mass is 16.6. The molecule has 252 valence electrons. The van der Waals surface area contributed by atoms with Gasteiger partial charge in [0.25, 0.3) is 5.69 Å². The molecule has 0 bridgehead atoms. The number of carboxylic acids is 1. The average molecular weight is 651 g/mol. The van der Waals surface area contributed by atoms with E-state index in [1.807, 2.05) is 13.8 Å². The minimum Gasteiger partial charge on any atom is -0.481 e. The average Bonchev–Trinajstić information content (AvgIpc) is 3.11. The van der Waals surface area contributed by atoms with Crippen molar-refractivity contribution in [2.45, 2.75) is 70.3 Å². The zero-order valence-electron chi connectivity index (χ0n) is 28.0. The predicted octanol–water partition coefficient (Wildman–Crippen LogP) is 7.36. The maximum atomic E-state index is 12.9. The van der Waals surface area contributed by atoms with Crippen molar-refractivity contribution in [2.24, 2.45) is 10.9 Å². The van der Waals surface area contributed by atoms with Crippen LogP contribution in [0.2, 0.25) is 0 Å². The van der Waals surface area contributed by atoms with Gasteiger partial charge in [-0.1, -0.05) is 87.4 Å². The topological polar surface area (TPSA) is 116 Å². The number of piperidine rings is 1. The van der Waals surface area contributed by atoms with Crippen LogP contribution in [0.4, 0.5) is 5.69 Å². The molecule has 1 saturated heterocycles. The summed E-state index contributed by atoms with van der Waals surface area (Å²) < 4.78 is 0. The molecule has 2 heterocycles. The SMILES string of the molecule is CCCC1=NC(CCC)C(C(=O)O)C(c2ccc([N+](=O)[O-])cc2)=C1N(C=O)CCCN1CCC(c2ccccc2)(c2ccccc2)CC1. The molecule has 3 aromatic rings. The molecule has 0 spiro atoms. The number of benzene rings is 3. The first-order valence-corrected chi connectivity index (χ1v) is 17.2. The number of nitro benzene ring substituents is 1. The molecule has 2 unspecified atom stereocenters. The standard InChI is InChI=1S/C39H46N4O5/c1-3-12-33-36(38(45)46)35(29-18-20-32(21-19-29)43(47)48)37(34(40-33)13-4-2)42(28-44)25-11-24-41-26-22-39(23-27-41,30-14-7-5-8-15-30)31-16-9-6-10-17-31/h5-10,14-21,28,33,36H,3-4,11-13,22-27H2,1-2H3,(H,45,46). The Morgan fingerprint density at radius 2 is 1.58 bits per heavy atom. The second kappa shape index (κ2) is 16.0. The number of nitrogens with zero attached hydrogens (tertiary/aromatic N) is 4. The van der Waals surface area contributed by atoms with Crippen molar-refractivity contribution >= 4 is 29.4 Å². The first-order valence-electron chi connectivity index (χ1n) is 17.2. The molecule has 9 heteroatoms. The van der Waals surface area contributed by atoms with Gasteiger partial charge in [-0.2, -0.15) is 0 Å². The largest absolute Gasteiger partial charge is 0.481 e. The van der Waals surface area contributed by atoms with Crippen molar-refractivity contribution in [3.63, 3.8) is 0 Å². The number of likely N-dealkylation sites (tertiary alicyclic amines) is 1. The number of dihydropyridines is 1. The highest BCUT2D eigenvalue weighted by Gasteiger charge is 2.41. The molecule has 0 radical (unpaired) electrons. The van der Waals surface area contributed by atoms with Gasteiger partial charge in [0.15, 0.2) is 0 Å². The monoisotopic (exact) mass is 650 g/mol. The number of non-ortho nitro benzene ring substituents is 1. The Kier molecular flexibility index (Phi) is 11.5. The Morgan fingerprint density at radius 1 is 0.979 bits per heavy atom. The molecule has 5 rings (SSSR count). The third kappa shape index (κ3) is 7.41. The lowest BCUT2D eigenvalue weighted by Gasteiger charge is -2.43. The lowest BCUT2D eigenvalue weighted by molar-refractivity contribution is -0.384. The van der Waals surface area contributed by atoms with Gasteiger partial charge in [0.2, 0.25) is 6.41 Å². The van der Waals surface area contributed by atoms with Crippen LogP contribution in [0, 0.1) is 16.0 Å². The van der Waals surface area contributed by atoms with Crippen LogP contribution in [-0.2, 0) is 15.0 Å². The number of hydrogen-bond donors (Lipinski definition) is 1. The predicted molar refractivity (Wildman–Crippen MR) is 189 cm³/mol. The summed E-state index contributed by atoms with van der Waals surface area (Å²) in [6.45, 7) is 7.08. The summed E-state index contributed by atoms with van der Waals surface area (Å²) in [5, 5.41) is 21.9. The van der Waals surface area contributed by atoms with Crippen LogP contribution >= 0.6 is 0 Å². The summed E-state index contributed by atoms with van der Waals surface area (Å²) in [5.74, 6) is -1.99. The zero-order valence-corrected chi connectivity index (χ0v) is 28.0. The van der Waals surface area contributed by atoms with Gasteiger partial charge in [-0.15, -0.1) is 0 Å². The van der Waals surface area contributed by atoms with E-state index in [1.54, 1.807) is 17.0 Å². The Bertz CT molecular complexity index is 1570. The molecule has 1 N–H and O–H groups in total. The van der Waals surface area contributed by atoms with E-state index in [1.165, 1.54) is 23.3 Å². The quantitative estimate of drug-likeness (QED) is 0.104. The second-order valence-corrected chi connectivity index (χ2v) is 12.9. The molecular weight excluding hydrogens is 604 g/mol. The number of rotatable bonds is 15. The molecule has 3 aromatic carbocycles. The maximum Gasteiger partial charge on any atom is 0.313 e. The van der Waals surface area contributed by atoms with E-state index in [0.717, 1.165) is 57.4 Å². The van der Waals surface area contributed by atoms with Crippen molar-refractivity contribution in [3.8, 4) is 0 Å². The highest BCUT2D eigenvalue weighted by Crippen LogP contribution is 2.42. The van der Waals surface area contributed by atoms with Crippen LogP contribution in [0.3, 0.4) is 0 Å². The van der Waals surface area contributed by atoms with Crippen LogP contribution < -0.4 is 0 Å². The number of aliphatic carboxylic acids is 1. The van der Waals surface area contributed by atoms with Gasteiger partial charge >= 0.3 is 5.97 Å². The number of hydrogen-bond acceptors (Lipinski definition) is 6. The Morgan fingerprint density at radius 3 is 2.08 bits per heavy atom. The highest BCUT2D eigenvalue weighted by molar-refractivity contribution is 6.11. The lowest BCUT2D eigenvalue weighted by Crippen LogP contribution is -2.44. The van der Waals surface area contributed by atoms with Crippen molar-refractivity contribution in [1.29, 1.82) is 0 Å².